The highest BCUT2D eigenvalue weighted by molar-refractivity contribution is 7.91. The van der Waals surface area contributed by atoms with E-state index in [9.17, 15) is 8.42 Å². The zero-order chi connectivity index (χ0) is 19.5. The van der Waals surface area contributed by atoms with E-state index in [1.165, 1.54) is 12.1 Å². The van der Waals surface area contributed by atoms with Crippen molar-refractivity contribution < 1.29 is 23.1 Å². The van der Waals surface area contributed by atoms with E-state index in [0.717, 1.165) is 5.56 Å². The second-order valence-corrected chi connectivity index (χ2v) is 8.50. The van der Waals surface area contributed by atoms with Crippen molar-refractivity contribution in [1.29, 1.82) is 0 Å². The SMILES string of the molecule is COC1(c2cccc(S(=O)(=O)c3ccc(/C(C)=N/O)cc3)c2)CCOCC1. The molecule has 1 aliphatic heterocycles. The molecule has 0 bridgehead atoms. The molecule has 3 rings (SSSR count). The van der Waals surface area contributed by atoms with Crippen LogP contribution in [0.4, 0.5) is 0 Å². The van der Waals surface area contributed by atoms with Gasteiger partial charge in [0.2, 0.25) is 9.84 Å². The van der Waals surface area contributed by atoms with Crippen LogP contribution in [-0.4, -0.2) is 39.7 Å². The second kappa shape index (κ2) is 7.80. The van der Waals surface area contributed by atoms with Crippen molar-refractivity contribution in [3.63, 3.8) is 0 Å². The maximum Gasteiger partial charge on any atom is 0.206 e. The Morgan fingerprint density at radius 1 is 1.11 bits per heavy atom. The van der Waals surface area contributed by atoms with E-state index >= 15 is 0 Å². The fraction of sp³-hybridized carbons (Fsp3) is 0.350. The van der Waals surface area contributed by atoms with Crippen LogP contribution in [-0.2, 0) is 24.9 Å². The molecule has 7 heteroatoms. The average molecular weight is 389 g/mol. The van der Waals surface area contributed by atoms with Gasteiger partial charge < -0.3 is 14.7 Å². The molecule has 1 heterocycles. The number of sulfone groups is 1. The summed E-state index contributed by atoms with van der Waals surface area (Å²) in [5.41, 5.74) is 1.39. The van der Waals surface area contributed by atoms with Gasteiger partial charge in [0.1, 0.15) is 0 Å². The van der Waals surface area contributed by atoms with Crippen molar-refractivity contribution in [2.75, 3.05) is 20.3 Å². The van der Waals surface area contributed by atoms with Gasteiger partial charge in [-0.05, 0) is 42.3 Å². The second-order valence-electron chi connectivity index (χ2n) is 6.55. The molecule has 2 aromatic rings. The Balaban J connectivity index is 1.98. The fourth-order valence-electron chi connectivity index (χ4n) is 3.33. The highest BCUT2D eigenvalue weighted by atomic mass is 32.2. The van der Waals surface area contributed by atoms with E-state index < -0.39 is 15.4 Å². The van der Waals surface area contributed by atoms with E-state index in [-0.39, 0.29) is 9.79 Å². The minimum atomic E-state index is -3.67. The Kier molecular flexibility index (Phi) is 5.64. The fourth-order valence-corrected chi connectivity index (χ4v) is 4.63. The molecule has 2 aromatic carbocycles. The van der Waals surface area contributed by atoms with Crippen LogP contribution in [0.5, 0.6) is 0 Å². The lowest BCUT2D eigenvalue weighted by Gasteiger charge is -2.36. The third-order valence-corrected chi connectivity index (χ3v) is 6.86. The van der Waals surface area contributed by atoms with Gasteiger partial charge in [0, 0.05) is 33.2 Å². The summed E-state index contributed by atoms with van der Waals surface area (Å²) < 4.78 is 37.3. The van der Waals surface area contributed by atoms with Crippen LogP contribution in [0.2, 0.25) is 0 Å². The summed E-state index contributed by atoms with van der Waals surface area (Å²) in [4.78, 5) is 0.413. The van der Waals surface area contributed by atoms with Crippen LogP contribution in [0.15, 0.2) is 63.5 Å². The van der Waals surface area contributed by atoms with E-state index in [2.05, 4.69) is 5.16 Å². The summed E-state index contributed by atoms with van der Waals surface area (Å²) in [5.74, 6) is 0. The van der Waals surface area contributed by atoms with Gasteiger partial charge in [-0.1, -0.05) is 29.4 Å². The van der Waals surface area contributed by atoms with Crippen molar-refractivity contribution >= 4 is 15.5 Å². The first-order valence-electron chi connectivity index (χ1n) is 8.70. The molecular formula is C20H23NO5S. The number of hydrogen-bond acceptors (Lipinski definition) is 6. The van der Waals surface area contributed by atoms with Crippen LogP contribution in [0, 0.1) is 0 Å². The summed E-state index contributed by atoms with van der Waals surface area (Å²) >= 11 is 0. The van der Waals surface area contributed by atoms with E-state index in [1.54, 1.807) is 44.4 Å². The summed E-state index contributed by atoms with van der Waals surface area (Å²) in [7, 11) is -2.02. The quantitative estimate of drug-likeness (QED) is 0.481. The van der Waals surface area contributed by atoms with Gasteiger partial charge in [0.25, 0.3) is 0 Å². The summed E-state index contributed by atoms with van der Waals surface area (Å²) in [5, 5.41) is 12.0. The van der Waals surface area contributed by atoms with Crippen LogP contribution in [0.25, 0.3) is 0 Å². The van der Waals surface area contributed by atoms with Crippen LogP contribution < -0.4 is 0 Å². The molecule has 0 saturated carbocycles. The Labute approximate surface area is 159 Å². The molecule has 0 atom stereocenters. The van der Waals surface area contributed by atoms with Crippen molar-refractivity contribution in [2.45, 2.75) is 35.2 Å². The highest BCUT2D eigenvalue weighted by Crippen LogP contribution is 2.37. The van der Waals surface area contributed by atoms with Crippen molar-refractivity contribution in [2.24, 2.45) is 5.16 Å². The lowest BCUT2D eigenvalue weighted by Crippen LogP contribution is -2.35. The minimum absolute atomic E-state index is 0.188. The third-order valence-electron chi connectivity index (χ3n) is 5.09. The number of benzene rings is 2. The molecule has 1 saturated heterocycles. The van der Waals surface area contributed by atoms with E-state index in [4.69, 9.17) is 14.7 Å². The van der Waals surface area contributed by atoms with Crippen molar-refractivity contribution in [3.8, 4) is 0 Å². The van der Waals surface area contributed by atoms with Crippen molar-refractivity contribution in [3.05, 3.63) is 59.7 Å². The number of rotatable bonds is 5. The molecule has 0 radical (unpaired) electrons. The van der Waals surface area contributed by atoms with Gasteiger partial charge in [0.05, 0.1) is 21.1 Å². The largest absolute Gasteiger partial charge is 0.411 e. The van der Waals surface area contributed by atoms with Gasteiger partial charge in [-0.15, -0.1) is 0 Å². The average Bonchev–Trinajstić information content (AvgIpc) is 2.73. The Bertz CT molecular complexity index is 929. The van der Waals surface area contributed by atoms with Crippen molar-refractivity contribution in [1.82, 2.24) is 0 Å². The Morgan fingerprint density at radius 2 is 1.78 bits per heavy atom. The van der Waals surface area contributed by atoms with Crippen LogP contribution >= 0.6 is 0 Å². The Morgan fingerprint density at radius 3 is 2.37 bits per heavy atom. The normalized spacial score (nSPS) is 17.6. The van der Waals surface area contributed by atoms with Gasteiger partial charge in [-0.25, -0.2) is 8.42 Å². The Hall–Kier alpha value is -2.22. The monoisotopic (exact) mass is 389 g/mol. The zero-order valence-electron chi connectivity index (χ0n) is 15.4. The smallest absolute Gasteiger partial charge is 0.206 e. The molecule has 1 aliphatic rings. The number of nitrogens with zero attached hydrogens (tertiary/aromatic N) is 1. The summed E-state index contributed by atoms with van der Waals surface area (Å²) in [6.07, 6.45) is 1.36. The first-order chi connectivity index (χ1) is 12.9. The van der Waals surface area contributed by atoms with E-state index in [1.807, 2.05) is 6.07 Å². The highest BCUT2D eigenvalue weighted by Gasteiger charge is 2.35. The van der Waals surface area contributed by atoms with Crippen LogP contribution in [0.1, 0.15) is 30.9 Å². The van der Waals surface area contributed by atoms with Gasteiger partial charge in [-0.2, -0.15) is 0 Å². The molecule has 1 N–H and O–H groups in total. The molecule has 0 aliphatic carbocycles. The van der Waals surface area contributed by atoms with Gasteiger partial charge >= 0.3 is 0 Å². The summed E-state index contributed by atoms with van der Waals surface area (Å²) in [6, 6.07) is 13.2. The van der Waals surface area contributed by atoms with Gasteiger partial charge in [0.15, 0.2) is 0 Å². The zero-order valence-corrected chi connectivity index (χ0v) is 16.2. The number of oxime groups is 1. The maximum absolute atomic E-state index is 13.1. The molecule has 0 spiro atoms. The minimum Gasteiger partial charge on any atom is -0.411 e. The summed E-state index contributed by atoms with van der Waals surface area (Å²) in [6.45, 7) is 2.81. The molecule has 6 nitrogen and oxygen atoms in total. The molecule has 144 valence electrons. The molecule has 0 amide bonds. The molecule has 1 fully saturated rings. The predicted molar refractivity (Wildman–Crippen MR) is 101 cm³/mol. The first-order valence-corrected chi connectivity index (χ1v) is 10.2. The topological polar surface area (TPSA) is 85.2 Å². The lowest BCUT2D eigenvalue weighted by atomic mass is 9.86. The van der Waals surface area contributed by atoms with Gasteiger partial charge in [-0.3, -0.25) is 0 Å². The number of methoxy groups -OCH3 is 1. The molecular weight excluding hydrogens is 366 g/mol. The standard InChI is InChI=1S/C20H23NO5S/c1-15(21-22)16-6-8-18(9-7-16)27(23,24)19-5-3-4-17(14-19)20(25-2)10-12-26-13-11-20/h3-9,14,22H,10-13H2,1-2H3/b21-15+. The third kappa shape index (κ3) is 3.76. The predicted octanol–water partition coefficient (Wildman–Crippen LogP) is 3.37. The number of ether oxygens (including phenoxy) is 2. The van der Waals surface area contributed by atoms with Crippen LogP contribution in [0.3, 0.4) is 0 Å². The maximum atomic E-state index is 13.1. The number of hydrogen-bond donors (Lipinski definition) is 1. The molecule has 0 aromatic heterocycles. The molecule has 27 heavy (non-hydrogen) atoms. The first kappa shape index (κ1) is 19.5. The van der Waals surface area contributed by atoms with E-state index in [0.29, 0.717) is 37.3 Å². The molecule has 0 unspecified atom stereocenters. The lowest BCUT2D eigenvalue weighted by molar-refractivity contribution is -0.0948.